The number of anilines is 1. The zero-order chi connectivity index (χ0) is 14.5. The van der Waals surface area contributed by atoms with E-state index in [-0.39, 0.29) is 0 Å². The van der Waals surface area contributed by atoms with Crippen molar-refractivity contribution in [3.05, 3.63) is 51.7 Å². The molecule has 0 atom stereocenters. The Labute approximate surface area is 129 Å². The van der Waals surface area contributed by atoms with Gasteiger partial charge in [0.25, 0.3) is 0 Å². The number of benzene rings is 1. The molecule has 4 heteroatoms. The Hall–Kier alpha value is -1.83. The largest absolute Gasteiger partial charge is 0.371 e. The Morgan fingerprint density at radius 1 is 1.33 bits per heavy atom. The summed E-state index contributed by atoms with van der Waals surface area (Å²) in [6.07, 6.45) is 2.32. The molecule has 0 spiro atoms. The van der Waals surface area contributed by atoms with E-state index in [1.54, 1.807) is 11.3 Å². The molecule has 1 aromatic carbocycles. The van der Waals surface area contributed by atoms with Gasteiger partial charge in [-0.3, -0.25) is 0 Å². The highest BCUT2D eigenvalue weighted by Gasteiger charge is 2.17. The molecule has 0 aliphatic carbocycles. The third-order valence-electron chi connectivity index (χ3n) is 3.85. The first-order chi connectivity index (χ1) is 10.4. The number of hydrogen-bond acceptors (Lipinski definition) is 4. The van der Waals surface area contributed by atoms with Crippen molar-refractivity contribution < 1.29 is 0 Å². The van der Waals surface area contributed by atoms with Gasteiger partial charge in [-0.15, -0.1) is 11.3 Å². The zero-order valence-corrected chi connectivity index (χ0v) is 12.8. The van der Waals surface area contributed by atoms with Crippen LogP contribution in [0.15, 0.2) is 35.7 Å². The standard InChI is InChI=1S/C17H19N3S/c18-11-14-10-16(21-13-14)12-19-7-3-8-20-9-6-15-4-1-2-5-17(15)20/h1-2,4-5,10,13,19H,3,6-9,12H2. The van der Waals surface area contributed by atoms with Crippen LogP contribution < -0.4 is 10.2 Å². The summed E-state index contributed by atoms with van der Waals surface area (Å²) in [6, 6.07) is 12.8. The van der Waals surface area contributed by atoms with E-state index < -0.39 is 0 Å². The Morgan fingerprint density at radius 2 is 2.24 bits per heavy atom. The van der Waals surface area contributed by atoms with Crippen molar-refractivity contribution in [2.75, 3.05) is 24.5 Å². The monoisotopic (exact) mass is 297 g/mol. The van der Waals surface area contributed by atoms with E-state index in [0.29, 0.717) is 0 Å². The number of nitrogens with zero attached hydrogens (tertiary/aromatic N) is 2. The van der Waals surface area contributed by atoms with Gasteiger partial charge in [-0.2, -0.15) is 5.26 Å². The maximum Gasteiger partial charge on any atom is 0.100 e. The molecule has 2 aromatic rings. The zero-order valence-electron chi connectivity index (χ0n) is 12.0. The number of nitriles is 1. The van der Waals surface area contributed by atoms with E-state index in [1.165, 1.54) is 22.5 Å². The molecule has 0 saturated heterocycles. The highest BCUT2D eigenvalue weighted by Crippen LogP contribution is 2.27. The fourth-order valence-electron chi connectivity index (χ4n) is 2.78. The minimum Gasteiger partial charge on any atom is -0.371 e. The molecule has 0 saturated carbocycles. The average molecular weight is 297 g/mol. The van der Waals surface area contributed by atoms with Crippen LogP contribution in [0, 0.1) is 11.3 Å². The Kier molecular flexibility index (Phi) is 4.54. The van der Waals surface area contributed by atoms with Gasteiger partial charge in [0.15, 0.2) is 0 Å². The molecule has 0 unspecified atom stereocenters. The Morgan fingerprint density at radius 3 is 3.10 bits per heavy atom. The van der Waals surface area contributed by atoms with Gasteiger partial charge in [-0.05, 0) is 37.1 Å². The van der Waals surface area contributed by atoms with Crippen molar-refractivity contribution in [3.8, 4) is 6.07 Å². The lowest BCUT2D eigenvalue weighted by Crippen LogP contribution is -2.25. The molecule has 0 fully saturated rings. The lowest BCUT2D eigenvalue weighted by Gasteiger charge is -2.19. The second-order valence-electron chi connectivity index (χ2n) is 5.31. The van der Waals surface area contributed by atoms with Crippen LogP contribution in [0.2, 0.25) is 0 Å². The molecule has 0 amide bonds. The highest BCUT2D eigenvalue weighted by atomic mass is 32.1. The summed E-state index contributed by atoms with van der Waals surface area (Å²) in [7, 11) is 0. The van der Waals surface area contributed by atoms with Gasteiger partial charge in [0.05, 0.1) is 5.56 Å². The van der Waals surface area contributed by atoms with Crippen LogP contribution in [0.3, 0.4) is 0 Å². The summed E-state index contributed by atoms with van der Waals surface area (Å²) in [5, 5.41) is 14.2. The first-order valence-corrected chi connectivity index (χ1v) is 8.26. The van der Waals surface area contributed by atoms with Crippen LogP contribution in [0.4, 0.5) is 5.69 Å². The lowest BCUT2D eigenvalue weighted by atomic mass is 10.2. The summed E-state index contributed by atoms with van der Waals surface area (Å²) in [5.41, 5.74) is 3.66. The first-order valence-electron chi connectivity index (χ1n) is 7.38. The number of thiophene rings is 1. The van der Waals surface area contributed by atoms with Crippen LogP contribution in [0.5, 0.6) is 0 Å². The molecule has 1 aromatic heterocycles. The summed E-state index contributed by atoms with van der Waals surface area (Å²) >= 11 is 1.65. The maximum absolute atomic E-state index is 8.79. The van der Waals surface area contributed by atoms with Gasteiger partial charge in [-0.1, -0.05) is 18.2 Å². The molecule has 0 bridgehead atoms. The van der Waals surface area contributed by atoms with Crippen molar-refractivity contribution in [2.24, 2.45) is 0 Å². The van der Waals surface area contributed by atoms with Gasteiger partial charge in [0.1, 0.15) is 6.07 Å². The number of rotatable bonds is 6. The van der Waals surface area contributed by atoms with E-state index in [0.717, 1.165) is 38.2 Å². The lowest BCUT2D eigenvalue weighted by molar-refractivity contribution is 0.642. The van der Waals surface area contributed by atoms with Crippen molar-refractivity contribution in [2.45, 2.75) is 19.4 Å². The Bertz CT molecular complexity index is 641. The second-order valence-corrected chi connectivity index (χ2v) is 6.31. The van der Waals surface area contributed by atoms with Crippen molar-refractivity contribution >= 4 is 17.0 Å². The molecule has 3 rings (SSSR count). The van der Waals surface area contributed by atoms with Gasteiger partial charge < -0.3 is 10.2 Å². The van der Waals surface area contributed by atoms with Crippen LogP contribution in [0.1, 0.15) is 22.4 Å². The van der Waals surface area contributed by atoms with Crippen LogP contribution in [-0.2, 0) is 13.0 Å². The van der Waals surface area contributed by atoms with Gasteiger partial charge in [0, 0.05) is 35.6 Å². The topological polar surface area (TPSA) is 39.1 Å². The third kappa shape index (κ3) is 3.44. The predicted molar refractivity (Wildman–Crippen MR) is 87.7 cm³/mol. The number of para-hydroxylation sites is 1. The summed E-state index contributed by atoms with van der Waals surface area (Å²) < 4.78 is 0. The maximum atomic E-state index is 8.79. The smallest absolute Gasteiger partial charge is 0.100 e. The number of fused-ring (bicyclic) bond motifs is 1. The molecule has 1 N–H and O–H groups in total. The normalized spacial score (nSPS) is 13.2. The van der Waals surface area contributed by atoms with Crippen LogP contribution in [-0.4, -0.2) is 19.6 Å². The number of hydrogen-bond donors (Lipinski definition) is 1. The summed E-state index contributed by atoms with van der Waals surface area (Å²) in [6.45, 7) is 4.13. The second kappa shape index (κ2) is 6.75. The summed E-state index contributed by atoms with van der Waals surface area (Å²) in [4.78, 5) is 3.72. The molecule has 1 aliphatic heterocycles. The fraction of sp³-hybridized carbons (Fsp3) is 0.353. The molecule has 2 heterocycles. The molecule has 1 aliphatic rings. The molecule has 108 valence electrons. The van der Waals surface area contributed by atoms with Crippen LogP contribution in [0.25, 0.3) is 0 Å². The molecule has 0 radical (unpaired) electrons. The first kappa shape index (κ1) is 14.1. The molecular formula is C17H19N3S. The molecular weight excluding hydrogens is 278 g/mol. The average Bonchev–Trinajstić information content (AvgIpc) is 3.14. The van der Waals surface area contributed by atoms with Gasteiger partial charge in [-0.25, -0.2) is 0 Å². The van der Waals surface area contributed by atoms with Crippen LogP contribution >= 0.6 is 11.3 Å². The quantitative estimate of drug-likeness (QED) is 0.832. The number of nitrogens with one attached hydrogen (secondary N) is 1. The van der Waals surface area contributed by atoms with E-state index in [9.17, 15) is 0 Å². The molecule has 21 heavy (non-hydrogen) atoms. The van der Waals surface area contributed by atoms with E-state index in [4.69, 9.17) is 5.26 Å². The van der Waals surface area contributed by atoms with E-state index >= 15 is 0 Å². The summed E-state index contributed by atoms with van der Waals surface area (Å²) in [5.74, 6) is 0. The van der Waals surface area contributed by atoms with Crippen molar-refractivity contribution in [3.63, 3.8) is 0 Å². The van der Waals surface area contributed by atoms with Crippen molar-refractivity contribution in [1.29, 1.82) is 5.26 Å². The SMILES string of the molecule is N#Cc1csc(CNCCCN2CCc3ccccc32)c1. The van der Waals surface area contributed by atoms with Gasteiger partial charge in [0.2, 0.25) is 0 Å². The van der Waals surface area contributed by atoms with E-state index in [2.05, 4.69) is 40.6 Å². The third-order valence-corrected chi connectivity index (χ3v) is 4.78. The molecule has 3 nitrogen and oxygen atoms in total. The minimum absolute atomic E-state index is 0.769. The van der Waals surface area contributed by atoms with Gasteiger partial charge >= 0.3 is 0 Å². The van der Waals surface area contributed by atoms with Crippen molar-refractivity contribution in [1.82, 2.24) is 5.32 Å². The highest BCUT2D eigenvalue weighted by molar-refractivity contribution is 7.10. The fourth-order valence-corrected chi connectivity index (χ4v) is 3.56. The minimum atomic E-state index is 0.769. The Balaban J connectivity index is 1.39. The predicted octanol–water partition coefficient (Wildman–Crippen LogP) is 3.16. The van der Waals surface area contributed by atoms with E-state index in [1.807, 2.05) is 11.4 Å².